The molecule has 0 bridgehead atoms. The van der Waals surface area contributed by atoms with Crippen LogP contribution in [-0.2, 0) is 9.53 Å². The first-order chi connectivity index (χ1) is 21.4. The van der Waals surface area contributed by atoms with E-state index < -0.39 is 0 Å². The number of aryl methyl sites for hydroxylation is 1. The molecule has 244 valence electrons. The number of halogens is 2. The highest BCUT2D eigenvalue weighted by atomic mass is 35.5. The quantitative estimate of drug-likeness (QED) is 0.169. The zero-order valence-electron chi connectivity index (χ0n) is 28.0. The number of aromatic nitrogens is 1. The third-order valence-electron chi connectivity index (χ3n) is 7.35. The minimum Gasteiger partial charge on any atom is -0.465 e. The summed E-state index contributed by atoms with van der Waals surface area (Å²) in [7, 11) is 5.27. The van der Waals surface area contributed by atoms with Crippen molar-refractivity contribution in [2.45, 2.75) is 47.1 Å². The molecule has 1 aliphatic rings. The highest BCUT2D eigenvalue weighted by molar-refractivity contribution is 6.34. The normalized spacial score (nSPS) is 13.8. The number of ether oxygens (including phenoxy) is 2. The fraction of sp³-hybridized carbons (Fsp3) is 0.429. The van der Waals surface area contributed by atoms with Crippen LogP contribution in [0.15, 0.2) is 54.9 Å². The Balaban J connectivity index is 0.00000271. The summed E-state index contributed by atoms with van der Waals surface area (Å²) in [6.45, 7) is 15.9. The fourth-order valence-electron chi connectivity index (χ4n) is 5.13. The average Bonchev–Trinajstić information content (AvgIpc) is 3.01. The number of piperazine rings is 1. The lowest BCUT2D eigenvalue weighted by Crippen LogP contribution is -2.53. The number of methoxy groups -OCH3 is 1. The molecule has 0 radical (unpaired) electrons. The zero-order valence-corrected chi connectivity index (χ0v) is 28.8. The number of carbonyl (C=O) groups is 1. The van der Waals surface area contributed by atoms with Crippen molar-refractivity contribution in [2.24, 2.45) is 0 Å². The van der Waals surface area contributed by atoms with Crippen molar-refractivity contribution >= 4 is 29.4 Å². The standard InChI is InChI=1S/C33H41ClFN5O3.C2H6/c1-23-16-28(24-8-9-30(29(34)19-24)39(21-41)11-10-37(5)6)32(43-22-42-7)31(36-23)25-17-26(35)20-27(18-25)38-12-14-40(15-13-38)33(2,3)4;1-2/h8-11,16-21H,12-15,22H2,1-7H3;1-2H3/b11-10-;. The molecule has 1 amide bonds. The number of amides is 1. The molecule has 1 saturated heterocycles. The Bertz CT molecular complexity index is 1470. The Morgan fingerprint density at radius 2 is 1.69 bits per heavy atom. The van der Waals surface area contributed by atoms with Gasteiger partial charge in [0, 0.05) is 87.8 Å². The molecule has 0 aliphatic carbocycles. The molecule has 0 unspecified atom stereocenters. The molecule has 4 rings (SSSR count). The topological polar surface area (TPSA) is 61.4 Å². The SMILES string of the molecule is CC.COCOc1c(-c2ccc(N(C=O)/C=C\N(C)C)c(Cl)c2)cc(C)nc1-c1cc(F)cc(N2CCN(C(C)(C)C)CC2)c1. The summed E-state index contributed by atoms with van der Waals surface area (Å²) in [5.41, 5.74) is 4.73. The van der Waals surface area contributed by atoms with Gasteiger partial charge in [-0.05, 0) is 69.7 Å². The van der Waals surface area contributed by atoms with Gasteiger partial charge >= 0.3 is 0 Å². The highest BCUT2D eigenvalue weighted by Gasteiger charge is 2.27. The van der Waals surface area contributed by atoms with Crippen molar-refractivity contribution in [1.29, 1.82) is 0 Å². The van der Waals surface area contributed by atoms with Gasteiger partial charge in [0.05, 0.1) is 10.7 Å². The van der Waals surface area contributed by atoms with Crippen molar-refractivity contribution in [1.82, 2.24) is 14.8 Å². The van der Waals surface area contributed by atoms with Crippen LogP contribution in [0.3, 0.4) is 0 Å². The van der Waals surface area contributed by atoms with Crippen LogP contribution in [0.1, 0.15) is 40.3 Å². The van der Waals surface area contributed by atoms with Gasteiger partial charge in [-0.3, -0.25) is 14.6 Å². The molecule has 1 aromatic heterocycles. The second-order valence-corrected chi connectivity index (χ2v) is 12.2. The van der Waals surface area contributed by atoms with E-state index in [0.29, 0.717) is 34.1 Å². The van der Waals surface area contributed by atoms with Crippen LogP contribution in [0, 0.1) is 12.7 Å². The van der Waals surface area contributed by atoms with Gasteiger partial charge in [0.25, 0.3) is 0 Å². The van der Waals surface area contributed by atoms with Gasteiger partial charge in [-0.1, -0.05) is 31.5 Å². The Labute approximate surface area is 273 Å². The summed E-state index contributed by atoms with van der Waals surface area (Å²) < 4.78 is 26.5. The Kier molecular flexibility index (Phi) is 12.8. The van der Waals surface area contributed by atoms with Gasteiger partial charge in [-0.25, -0.2) is 9.37 Å². The number of benzene rings is 2. The molecule has 8 nitrogen and oxygen atoms in total. The molecule has 3 aromatic rings. The van der Waals surface area contributed by atoms with Crippen molar-refractivity contribution in [3.63, 3.8) is 0 Å². The first kappa shape index (κ1) is 35.8. The largest absolute Gasteiger partial charge is 0.465 e. The molecular formula is C35H47ClFN5O3. The number of pyridine rings is 1. The lowest BCUT2D eigenvalue weighted by atomic mass is 9.99. The summed E-state index contributed by atoms with van der Waals surface area (Å²) in [6, 6.07) is 12.3. The van der Waals surface area contributed by atoms with Crippen LogP contribution in [0.5, 0.6) is 5.75 Å². The maximum absolute atomic E-state index is 15.2. The smallest absolute Gasteiger partial charge is 0.218 e. The first-order valence-corrected chi connectivity index (χ1v) is 15.6. The number of hydrogen-bond donors (Lipinski definition) is 0. The molecule has 2 aromatic carbocycles. The molecular weight excluding hydrogens is 593 g/mol. The molecule has 1 aliphatic heterocycles. The van der Waals surface area contributed by atoms with Crippen molar-refractivity contribution < 1.29 is 18.7 Å². The summed E-state index contributed by atoms with van der Waals surface area (Å²) in [6.07, 6.45) is 4.10. The Hall–Kier alpha value is -3.66. The zero-order chi connectivity index (χ0) is 33.3. The van der Waals surface area contributed by atoms with Crippen molar-refractivity contribution in [3.8, 4) is 28.1 Å². The first-order valence-electron chi connectivity index (χ1n) is 15.2. The monoisotopic (exact) mass is 639 g/mol. The van der Waals surface area contributed by atoms with Crippen LogP contribution in [0.4, 0.5) is 15.8 Å². The van der Waals surface area contributed by atoms with E-state index in [1.165, 1.54) is 11.0 Å². The lowest BCUT2D eigenvalue weighted by molar-refractivity contribution is -0.107. The van der Waals surface area contributed by atoms with Gasteiger partial charge < -0.3 is 19.3 Å². The minimum atomic E-state index is -0.347. The van der Waals surface area contributed by atoms with Gasteiger partial charge in [-0.15, -0.1) is 0 Å². The third-order valence-corrected chi connectivity index (χ3v) is 7.65. The van der Waals surface area contributed by atoms with Crippen LogP contribution in [-0.4, -0.2) is 80.9 Å². The van der Waals surface area contributed by atoms with E-state index in [9.17, 15) is 4.79 Å². The van der Waals surface area contributed by atoms with Gasteiger partial charge in [0.1, 0.15) is 11.5 Å². The molecule has 0 spiro atoms. The van der Waals surface area contributed by atoms with Crippen LogP contribution >= 0.6 is 11.6 Å². The summed E-state index contributed by atoms with van der Waals surface area (Å²) in [5, 5.41) is 0.379. The summed E-state index contributed by atoms with van der Waals surface area (Å²) in [4.78, 5) is 24.5. The Morgan fingerprint density at radius 1 is 1.00 bits per heavy atom. The van der Waals surface area contributed by atoms with E-state index in [1.54, 1.807) is 37.7 Å². The molecule has 0 N–H and O–H groups in total. The summed E-state index contributed by atoms with van der Waals surface area (Å²) >= 11 is 6.70. The second kappa shape index (κ2) is 16.1. The van der Waals surface area contributed by atoms with E-state index in [0.717, 1.165) is 48.7 Å². The van der Waals surface area contributed by atoms with E-state index in [4.69, 9.17) is 26.1 Å². The highest BCUT2D eigenvalue weighted by Crippen LogP contribution is 2.42. The van der Waals surface area contributed by atoms with Gasteiger partial charge in [0.15, 0.2) is 12.5 Å². The van der Waals surface area contributed by atoms with E-state index in [2.05, 4.69) is 30.6 Å². The number of rotatable bonds is 10. The number of anilines is 2. The second-order valence-electron chi connectivity index (χ2n) is 11.8. The van der Waals surface area contributed by atoms with E-state index in [1.807, 2.05) is 58.0 Å². The predicted octanol–water partition coefficient (Wildman–Crippen LogP) is 7.44. The maximum atomic E-state index is 15.2. The van der Waals surface area contributed by atoms with Gasteiger partial charge in [0.2, 0.25) is 6.41 Å². The fourth-order valence-corrected chi connectivity index (χ4v) is 5.40. The van der Waals surface area contributed by atoms with Crippen molar-refractivity contribution in [3.05, 3.63) is 71.4 Å². The van der Waals surface area contributed by atoms with Crippen LogP contribution in [0.2, 0.25) is 5.02 Å². The predicted molar refractivity (Wildman–Crippen MR) is 184 cm³/mol. The number of hydrogen-bond acceptors (Lipinski definition) is 7. The van der Waals surface area contributed by atoms with Crippen LogP contribution in [0.25, 0.3) is 22.4 Å². The van der Waals surface area contributed by atoms with E-state index in [-0.39, 0.29) is 18.1 Å². The molecule has 2 heterocycles. The Morgan fingerprint density at radius 3 is 2.27 bits per heavy atom. The third kappa shape index (κ3) is 9.19. The van der Waals surface area contributed by atoms with E-state index >= 15 is 4.39 Å². The molecule has 0 saturated carbocycles. The minimum absolute atomic E-state index is 0.0260. The number of nitrogens with zero attached hydrogens (tertiary/aromatic N) is 5. The molecule has 45 heavy (non-hydrogen) atoms. The molecule has 1 fully saturated rings. The average molecular weight is 640 g/mol. The molecule has 0 atom stereocenters. The maximum Gasteiger partial charge on any atom is 0.218 e. The molecule has 10 heteroatoms. The summed E-state index contributed by atoms with van der Waals surface area (Å²) in [5.74, 6) is 0.102. The number of carbonyl (C=O) groups excluding carboxylic acids is 1. The van der Waals surface area contributed by atoms with Crippen LogP contribution < -0.4 is 14.5 Å². The lowest BCUT2D eigenvalue weighted by Gasteiger charge is -2.43. The van der Waals surface area contributed by atoms with Gasteiger partial charge in [-0.2, -0.15) is 0 Å². The van der Waals surface area contributed by atoms with Crippen molar-refractivity contribution in [2.75, 3.05) is 64.0 Å².